The molecule has 0 unspecified atom stereocenters. The number of halogens is 1. The molecule has 2 amide bonds. The molecule has 34 heavy (non-hydrogen) atoms. The zero-order chi connectivity index (χ0) is 23.7. The van der Waals surface area contributed by atoms with Crippen LogP contribution in [0.15, 0.2) is 54.6 Å². The van der Waals surface area contributed by atoms with E-state index >= 15 is 0 Å². The van der Waals surface area contributed by atoms with Crippen LogP contribution < -0.4 is 10.6 Å². The van der Waals surface area contributed by atoms with Crippen molar-refractivity contribution in [3.63, 3.8) is 0 Å². The van der Waals surface area contributed by atoms with E-state index in [1.54, 1.807) is 11.3 Å². The minimum Gasteiger partial charge on any atom is -0.307 e. The Kier molecular flexibility index (Phi) is 6.62. The van der Waals surface area contributed by atoms with Gasteiger partial charge in [-0.1, -0.05) is 61.8 Å². The summed E-state index contributed by atoms with van der Waals surface area (Å²) in [6, 6.07) is 18.5. The molecule has 1 aromatic heterocycles. The van der Waals surface area contributed by atoms with E-state index in [0.717, 1.165) is 64.0 Å². The van der Waals surface area contributed by atoms with Crippen LogP contribution in [-0.4, -0.2) is 6.03 Å². The van der Waals surface area contributed by atoms with E-state index in [1.807, 2.05) is 24.3 Å². The molecular formula is C29H29ClN2OS. The lowest BCUT2D eigenvalue weighted by Crippen LogP contribution is -2.21. The standard InChI is InChI=1S/C29H29ClN2OS/c1-3-18-12-9-13-19(4-2)27(18)31-29(33)32-28-26(22-14-7-8-15-24(22)30)23-16-20-10-5-6-11-21(20)17-25(23)34-28/h7-9,12-17H,3-6,10-11H2,1-2H3,(H2,31,32,33). The Morgan fingerprint density at radius 2 is 1.59 bits per heavy atom. The molecule has 0 radical (unpaired) electrons. The number of anilines is 2. The van der Waals surface area contributed by atoms with Crippen molar-refractivity contribution in [1.29, 1.82) is 0 Å². The summed E-state index contributed by atoms with van der Waals surface area (Å²) in [5, 5.41) is 9.00. The number of aryl methyl sites for hydroxylation is 4. The second-order valence-corrected chi connectivity index (χ2v) is 10.3. The smallest absolute Gasteiger partial charge is 0.307 e. The molecule has 1 aliphatic rings. The zero-order valence-electron chi connectivity index (χ0n) is 19.6. The molecule has 1 aliphatic carbocycles. The van der Waals surface area contributed by atoms with Crippen molar-refractivity contribution in [2.45, 2.75) is 52.4 Å². The summed E-state index contributed by atoms with van der Waals surface area (Å²) in [4.78, 5) is 13.3. The number of thiophene rings is 1. The van der Waals surface area contributed by atoms with Gasteiger partial charge in [0.25, 0.3) is 0 Å². The lowest BCUT2D eigenvalue weighted by molar-refractivity contribution is 0.262. The fourth-order valence-electron chi connectivity index (χ4n) is 5.00. The molecule has 0 fully saturated rings. The van der Waals surface area contributed by atoms with Crippen LogP contribution in [0.4, 0.5) is 15.5 Å². The van der Waals surface area contributed by atoms with Crippen molar-refractivity contribution in [3.05, 3.63) is 81.9 Å². The normalized spacial score (nSPS) is 13.0. The largest absolute Gasteiger partial charge is 0.324 e. The fourth-order valence-corrected chi connectivity index (χ4v) is 6.38. The molecule has 5 heteroatoms. The average Bonchev–Trinajstić information content (AvgIpc) is 3.19. The van der Waals surface area contributed by atoms with Crippen LogP contribution in [0.1, 0.15) is 48.9 Å². The van der Waals surface area contributed by atoms with E-state index in [-0.39, 0.29) is 6.03 Å². The van der Waals surface area contributed by atoms with Crippen molar-refractivity contribution < 1.29 is 4.79 Å². The SMILES string of the molecule is CCc1cccc(CC)c1NC(=O)Nc1sc2cc3c(cc2c1-c1ccccc1Cl)CCCC3. The van der Waals surface area contributed by atoms with Gasteiger partial charge in [0.15, 0.2) is 0 Å². The van der Waals surface area contributed by atoms with Crippen LogP contribution in [0.5, 0.6) is 0 Å². The number of hydrogen-bond acceptors (Lipinski definition) is 2. The van der Waals surface area contributed by atoms with Gasteiger partial charge in [0.05, 0.1) is 0 Å². The summed E-state index contributed by atoms with van der Waals surface area (Å²) in [5.41, 5.74) is 8.02. The number of benzene rings is 3. The summed E-state index contributed by atoms with van der Waals surface area (Å²) < 4.78 is 1.19. The number of para-hydroxylation sites is 1. The molecule has 0 saturated carbocycles. The first kappa shape index (κ1) is 22.9. The number of fused-ring (bicyclic) bond motifs is 2. The maximum Gasteiger partial charge on any atom is 0.324 e. The topological polar surface area (TPSA) is 41.1 Å². The third kappa shape index (κ3) is 4.33. The minimum absolute atomic E-state index is 0.222. The van der Waals surface area contributed by atoms with Gasteiger partial charge in [0, 0.05) is 31.9 Å². The van der Waals surface area contributed by atoms with Crippen LogP contribution in [0.3, 0.4) is 0 Å². The first-order valence-electron chi connectivity index (χ1n) is 12.1. The molecule has 5 rings (SSSR count). The number of nitrogens with one attached hydrogen (secondary N) is 2. The quantitative estimate of drug-likeness (QED) is 0.289. The van der Waals surface area contributed by atoms with Gasteiger partial charge >= 0.3 is 6.03 Å². The molecule has 0 saturated heterocycles. The van der Waals surface area contributed by atoms with Gasteiger partial charge in [-0.3, -0.25) is 5.32 Å². The Morgan fingerprint density at radius 3 is 2.26 bits per heavy atom. The van der Waals surface area contributed by atoms with E-state index in [2.05, 4.69) is 54.8 Å². The van der Waals surface area contributed by atoms with E-state index in [1.165, 1.54) is 28.7 Å². The summed E-state index contributed by atoms with van der Waals surface area (Å²) in [5.74, 6) is 0. The number of urea groups is 1. The Labute approximate surface area is 210 Å². The van der Waals surface area contributed by atoms with Gasteiger partial charge < -0.3 is 5.32 Å². The highest BCUT2D eigenvalue weighted by Gasteiger charge is 2.21. The van der Waals surface area contributed by atoms with Crippen LogP contribution in [0, 0.1) is 0 Å². The average molecular weight is 489 g/mol. The van der Waals surface area contributed by atoms with Crippen molar-refractivity contribution in [1.82, 2.24) is 0 Å². The third-order valence-corrected chi connectivity index (χ3v) is 8.16. The van der Waals surface area contributed by atoms with Gasteiger partial charge in [-0.2, -0.15) is 0 Å². The molecular weight excluding hydrogens is 460 g/mol. The van der Waals surface area contributed by atoms with Crippen LogP contribution in [0.2, 0.25) is 5.02 Å². The van der Waals surface area contributed by atoms with Crippen LogP contribution >= 0.6 is 22.9 Å². The molecule has 174 valence electrons. The van der Waals surface area contributed by atoms with Crippen molar-refractivity contribution in [2.24, 2.45) is 0 Å². The molecule has 4 aromatic rings. The maximum atomic E-state index is 13.3. The first-order chi connectivity index (χ1) is 16.6. The summed E-state index contributed by atoms with van der Waals surface area (Å²) in [6.45, 7) is 4.22. The second kappa shape index (κ2) is 9.81. The van der Waals surface area contributed by atoms with Crippen molar-refractivity contribution in [3.8, 4) is 11.1 Å². The number of carbonyl (C=O) groups is 1. The number of amides is 2. The summed E-state index contributed by atoms with van der Waals surface area (Å²) in [6.07, 6.45) is 6.44. The molecule has 2 N–H and O–H groups in total. The Balaban J connectivity index is 1.58. The lowest BCUT2D eigenvalue weighted by atomic mass is 9.90. The Hall–Kier alpha value is -2.82. The van der Waals surface area contributed by atoms with Crippen LogP contribution in [-0.2, 0) is 25.7 Å². The number of carbonyl (C=O) groups excluding carboxylic acids is 1. The monoisotopic (exact) mass is 488 g/mol. The Morgan fingerprint density at radius 1 is 0.912 bits per heavy atom. The third-order valence-electron chi connectivity index (χ3n) is 6.76. The van der Waals surface area contributed by atoms with Gasteiger partial charge in [-0.25, -0.2) is 4.79 Å². The maximum absolute atomic E-state index is 13.3. The highest BCUT2D eigenvalue weighted by Crippen LogP contribution is 2.46. The zero-order valence-corrected chi connectivity index (χ0v) is 21.2. The van der Waals surface area contributed by atoms with Gasteiger partial charge in [0.1, 0.15) is 5.00 Å². The van der Waals surface area contributed by atoms with Gasteiger partial charge in [-0.05, 0) is 79.0 Å². The molecule has 1 heterocycles. The predicted octanol–water partition coefficient (Wildman–Crippen LogP) is 8.87. The summed E-state index contributed by atoms with van der Waals surface area (Å²) in [7, 11) is 0. The molecule has 3 aromatic carbocycles. The van der Waals surface area contributed by atoms with Crippen molar-refractivity contribution >= 4 is 49.7 Å². The molecule has 3 nitrogen and oxygen atoms in total. The van der Waals surface area contributed by atoms with E-state index in [4.69, 9.17) is 11.6 Å². The van der Waals surface area contributed by atoms with E-state index < -0.39 is 0 Å². The number of rotatable bonds is 5. The molecule has 0 atom stereocenters. The highest BCUT2D eigenvalue weighted by atomic mass is 35.5. The molecule has 0 aliphatic heterocycles. The first-order valence-corrected chi connectivity index (χ1v) is 13.3. The van der Waals surface area contributed by atoms with Gasteiger partial charge in [-0.15, -0.1) is 11.3 Å². The van der Waals surface area contributed by atoms with Crippen LogP contribution in [0.25, 0.3) is 21.2 Å². The molecule has 0 spiro atoms. The lowest BCUT2D eigenvalue weighted by Gasteiger charge is -2.16. The van der Waals surface area contributed by atoms with Gasteiger partial charge in [0.2, 0.25) is 0 Å². The Bertz CT molecular complexity index is 1350. The van der Waals surface area contributed by atoms with E-state index in [0.29, 0.717) is 5.02 Å². The molecule has 0 bridgehead atoms. The highest BCUT2D eigenvalue weighted by molar-refractivity contribution is 7.23. The van der Waals surface area contributed by atoms with Crippen molar-refractivity contribution in [2.75, 3.05) is 10.6 Å². The second-order valence-electron chi connectivity index (χ2n) is 8.85. The van der Waals surface area contributed by atoms with E-state index in [9.17, 15) is 4.79 Å². The fraction of sp³-hybridized carbons (Fsp3) is 0.276. The predicted molar refractivity (Wildman–Crippen MR) is 147 cm³/mol. The number of hydrogen-bond donors (Lipinski definition) is 2. The summed E-state index contributed by atoms with van der Waals surface area (Å²) >= 11 is 8.28. The minimum atomic E-state index is -0.222.